The van der Waals surface area contributed by atoms with Crippen LogP contribution in [-0.4, -0.2) is 53.9 Å². The van der Waals surface area contributed by atoms with Gasteiger partial charge in [0.1, 0.15) is 5.66 Å². The minimum absolute atomic E-state index is 0.0139. The first kappa shape index (κ1) is 21.9. The fraction of sp³-hybridized carbons (Fsp3) is 0.360. The summed E-state index contributed by atoms with van der Waals surface area (Å²) in [5, 5.41) is 5.63. The molecule has 1 atom stereocenters. The number of carbonyl (C=O) groups is 4. The van der Waals surface area contributed by atoms with Crippen molar-refractivity contribution in [1.82, 2.24) is 10.2 Å². The molecule has 5 amide bonds. The SMILES string of the molecule is CC12CCC(=O)N1c1ccccc1C(=O)N2CCCC(=O)Nc1ccc(N2CCNC2=O)cc1. The lowest BCUT2D eigenvalue weighted by Crippen LogP contribution is -2.62. The third-order valence-electron chi connectivity index (χ3n) is 6.85. The number of para-hydroxylation sites is 1. The number of benzene rings is 2. The quantitative estimate of drug-likeness (QED) is 0.691. The summed E-state index contributed by atoms with van der Waals surface area (Å²) in [6.45, 7) is 3.54. The van der Waals surface area contributed by atoms with Gasteiger partial charge in [-0.05, 0) is 56.2 Å². The molecule has 2 fully saturated rings. The van der Waals surface area contributed by atoms with E-state index in [4.69, 9.17) is 0 Å². The molecule has 176 valence electrons. The number of nitrogens with one attached hydrogen (secondary N) is 2. The lowest BCUT2D eigenvalue weighted by atomic mass is 9.98. The van der Waals surface area contributed by atoms with Crippen LogP contribution >= 0.6 is 0 Å². The van der Waals surface area contributed by atoms with E-state index in [0.29, 0.717) is 55.8 Å². The van der Waals surface area contributed by atoms with E-state index in [1.54, 1.807) is 51.1 Å². The molecule has 0 bridgehead atoms. The predicted octanol–water partition coefficient (Wildman–Crippen LogP) is 2.93. The third-order valence-corrected chi connectivity index (χ3v) is 6.85. The maximum atomic E-state index is 13.3. The van der Waals surface area contributed by atoms with Crippen molar-refractivity contribution in [2.75, 3.05) is 34.8 Å². The third kappa shape index (κ3) is 3.67. The molecule has 0 saturated carbocycles. The Morgan fingerprint density at radius 2 is 1.85 bits per heavy atom. The van der Waals surface area contributed by atoms with Crippen molar-refractivity contribution >= 4 is 40.8 Å². The minimum atomic E-state index is -0.712. The van der Waals surface area contributed by atoms with E-state index in [1.165, 1.54) is 0 Å². The molecule has 2 N–H and O–H groups in total. The Bertz CT molecular complexity index is 1160. The number of amides is 5. The molecule has 3 heterocycles. The molecular formula is C25H27N5O4. The predicted molar refractivity (Wildman–Crippen MR) is 128 cm³/mol. The summed E-state index contributed by atoms with van der Waals surface area (Å²) in [6, 6.07) is 14.2. The first-order valence-corrected chi connectivity index (χ1v) is 11.6. The summed E-state index contributed by atoms with van der Waals surface area (Å²) < 4.78 is 0. The molecule has 0 spiro atoms. The fourth-order valence-electron chi connectivity index (χ4n) is 5.11. The van der Waals surface area contributed by atoms with Gasteiger partial charge in [-0.15, -0.1) is 0 Å². The Labute approximate surface area is 197 Å². The minimum Gasteiger partial charge on any atom is -0.336 e. The van der Waals surface area contributed by atoms with Crippen molar-refractivity contribution in [3.05, 3.63) is 54.1 Å². The summed E-state index contributed by atoms with van der Waals surface area (Å²) in [5.74, 6) is -0.243. The molecule has 9 nitrogen and oxygen atoms in total. The molecule has 0 aromatic heterocycles. The van der Waals surface area contributed by atoms with E-state index in [1.807, 2.05) is 19.1 Å². The van der Waals surface area contributed by atoms with E-state index in [0.717, 1.165) is 5.69 Å². The maximum Gasteiger partial charge on any atom is 0.321 e. The Balaban J connectivity index is 1.21. The second kappa shape index (κ2) is 8.48. The normalized spacial score (nSPS) is 21.4. The Morgan fingerprint density at radius 1 is 1.09 bits per heavy atom. The molecule has 3 aliphatic heterocycles. The van der Waals surface area contributed by atoms with Gasteiger partial charge in [-0.25, -0.2) is 4.79 Å². The number of anilines is 3. The van der Waals surface area contributed by atoms with Crippen LogP contribution in [0, 0.1) is 0 Å². The zero-order chi connectivity index (χ0) is 23.9. The summed E-state index contributed by atoms with van der Waals surface area (Å²) in [5.41, 5.74) is 1.90. The molecule has 2 aromatic carbocycles. The topological polar surface area (TPSA) is 102 Å². The van der Waals surface area contributed by atoms with Gasteiger partial charge < -0.3 is 15.5 Å². The number of urea groups is 1. The Morgan fingerprint density at radius 3 is 2.59 bits per heavy atom. The largest absolute Gasteiger partial charge is 0.336 e. The average molecular weight is 462 g/mol. The van der Waals surface area contributed by atoms with Gasteiger partial charge in [0, 0.05) is 43.9 Å². The van der Waals surface area contributed by atoms with Crippen molar-refractivity contribution in [1.29, 1.82) is 0 Å². The molecule has 3 aliphatic rings. The second-order valence-electron chi connectivity index (χ2n) is 9.00. The molecule has 2 aromatic rings. The molecule has 0 radical (unpaired) electrons. The zero-order valence-electron chi connectivity index (χ0n) is 19.0. The summed E-state index contributed by atoms with van der Waals surface area (Å²) in [4.78, 5) is 55.3. The van der Waals surface area contributed by atoms with E-state index in [-0.39, 0.29) is 30.2 Å². The first-order chi connectivity index (χ1) is 16.4. The van der Waals surface area contributed by atoms with Gasteiger partial charge in [-0.2, -0.15) is 0 Å². The van der Waals surface area contributed by atoms with Crippen LogP contribution in [0.2, 0.25) is 0 Å². The highest BCUT2D eigenvalue weighted by molar-refractivity contribution is 6.10. The summed E-state index contributed by atoms with van der Waals surface area (Å²) in [6.07, 6.45) is 1.68. The van der Waals surface area contributed by atoms with Crippen LogP contribution in [0.5, 0.6) is 0 Å². The average Bonchev–Trinajstić information content (AvgIpc) is 3.39. The summed E-state index contributed by atoms with van der Waals surface area (Å²) >= 11 is 0. The van der Waals surface area contributed by atoms with Crippen LogP contribution in [-0.2, 0) is 9.59 Å². The van der Waals surface area contributed by atoms with E-state index in [9.17, 15) is 19.2 Å². The van der Waals surface area contributed by atoms with Crippen molar-refractivity contribution < 1.29 is 19.2 Å². The molecule has 1 unspecified atom stereocenters. The van der Waals surface area contributed by atoms with Gasteiger partial charge in [0.2, 0.25) is 11.8 Å². The number of fused-ring (bicyclic) bond motifs is 3. The van der Waals surface area contributed by atoms with E-state index in [2.05, 4.69) is 10.6 Å². The number of hydrogen-bond donors (Lipinski definition) is 2. The highest BCUT2D eigenvalue weighted by Gasteiger charge is 2.52. The molecule has 34 heavy (non-hydrogen) atoms. The van der Waals surface area contributed by atoms with Crippen LogP contribution in [0.15, 0.2) is 48.5 Å². The number of carbonyl (C=O) groups excluding carboxylic acids is 4. The van der Waals surface area contributed by atoms with Crippen LogP contribution < -0.4 is 20.4 Å². The number of rotatable bonds is 6. The first-order valence-electron chi connectivity index (χ1n) is 11.6. The zero-order valence-corrected chi connectivity index (χ0v) is 19.0. The lowest BCUT2D eigenvalue weighted by Gasteiger charge is -2.48. The standard InChI is InChI=1S/C25H27N5O4/c1-25-13-12-22(32)30(25)20-6-3-2-5-19(20)23(33)29(25)15-4-7-21(31)27-17-8-10-18(11-9-17)28-16-14-26-24(28)34/h2-3,5-6,8-11H,4,7,12-16H2,1H3,(H,26,34)(H,27,31). The number of hydrogen-bond acceptors (Lipinski definition) is 4. The lowest BCUT2D eigenvalue weighted by molar-refractivity contribution is -0.118. The van der Waals surface area contributed by atoms with Crippen LogP contribution in [0.3, 0.4) is 0 Å². The van der Waals surface area contributed by atoms with Crippen LogP contribution in [0.25, 0.3) is 0 Å². The highest BCUT2D eigenvalue weighted by atomic mass is 16.2. The van der Waals surface area contributed by atoms with Crippen LogP contribution in [0.1, 0.15) is 43.0 Å². The van der Waals surface area contributed by atoms with Gasteiger partial charge in [0.15, 0.2) is 0 Å². The summed E-state index contributed by atoms with van der Waals surface area (Å²) in [7, 11) is 0. The van der Waals surface area contributed by atoms with Crippen molar-refractivity contribution in [3.63, 3.8) is 0 Å². The van der Waals surface area contributed by atoms with Gasteiger partial charge in [-0.1, -0.05) is 12.1 Å². The number of nitrogens with zero attached hydrogens (tertiary/aromatic N) is 3. The Kier molecular flexibility index (Phi) is 5.47. The molecule has 9 heteroatoms. The monoisotopic (exact) mass is 461 g/mol. The van der Waals surface area contributed by atoms with Crippen molar-refractivity contribution in [2.45, 2.75) is 38.3 Å². The van der Waals surface area contributed by atoms with Gasteiger partial charge in [0.25, 0.3) is 5.91 Å². The van der Waals surface area contributed by atoms with Crippen molar-refractivity contribution in [3.8, 4) is 0 Å². The van der Waals surface area contributed by atoms with Gasteiger partial charge in [0.05, 0.1) is 11.3 Å². The molecule has 5 rings (SSSR count). The molecule has 2 saturated heterocycles. The maximum absolute atomic E-state index is 13.3. The van der Waals surface area contributed by atoms with E-state index < -0.39 is 5.66 Å². The van der Waals surface area contributed by atoms with Gasteiger partial charge >= 0.3 is 6.03 Å². The second-order valence-corrected chi connectivity index (χ2v) is 9.00. The Hall–Kier alpha value is -3.88. The smallest absolute Gasteiger partial charge is 0.321 e. The highest BCUT2D eigenvalue weighted by Crippen LogP contribution is 2.44. The van der Waals surface area contributed by atoms with Gasteiger partial charge in [-0.3, -0.25) is 24.2 Å². The van der Waals surface area contributed by atoms with E-state index >= 15 is 0 Å². The fourth-order valence-corrected chi connectivity index (χ4v) is 5.11. The van der Waals surface area contributed by atoms with Crippen molar-refractivity contribution in [2.24, 2.45) is 0 Å². The molecule has 0 aliphatic carbocycles. The van der Waals surface area contributed by atoms with Crippen LogP contribution in [0.4, 0.5) is 21.9 Å². The molecular weight excluding hydrogens is 434 g/mol.